The number of thiophene rings is 1. The van der Waals surface area contributed by atoms with Gasteiger partial charge >= 0.3 is 0 Å². The third kappa shape index (κ3) is 4.24. The van der Waals surface area contributed by atoms with Gasteiger partial charge in [0.25, 0.3) is 0 Å². The second-order valence-electron chi connectivity index (χ2n) is 6.54. The number of benzene rings is 2. The lowest BCUT2D eigenvalue weighted by atomic mass is 10.2. The molecule has 4 rings (SSSR count). The lowest BCUT2D eigenvalue weighted by molar-refractivity contribution is -0.117. The number of hydrogen-bond acceptors (Lipinski definition) is 6. The third-order valence-electron chi connectivity index (χ3n) is 4.48. The highest BCUT2D eigenvalue weighted by Crippen LogP contribution is 2.30. The molecule has 2 aromatic heterocycles. The van der Waals surface area contributed by atoms with Gasteiger partial charge in [-0.3, -0.25) is 14.2 Å². The molecule has 0 radical (unpaired) electrons. The number of imidazole rings is 1. The average molecular weight is 438 g/mol. The number of rotatable bonds is 8. The molecule has 0 aliphatic carbocycles. The van der Waals surface area contributed by atoms with E-state index in [0.717, 1.165) is 32.5 Å². The van der Waals surface area contributed by atoms with Gasteiger partial charge in [0.1, 0.15) is 5.75 Å². The molecule has 0 bridgehead atoms. The van der Waals surface area contributed by atoms with E-state index in [1.807, 2.05) is 53.1 Å². The molecule has 4 aromatic rings. The van der Waals surface area contributed by atoms with Crippen molar-refractivity contribution >= 4 is 45.8 Å². The largest absolute Gasteiger partial charge is 0.497 e. The zero-order chi connectivity index (χ0) is 21.1. The van der Waals surface area contributed by atoms with E-state index in [4.69, 9.17) is 15.5 Å². The molecule has 2 aromatic carbocycles. The zero-order valence-electron chi connectivity index (χ0n) is 16.2. The molecule has 6 nitrogen and oxygen atoms in total. The molecule has 0 aliphatic rings. The van der Waals surface area contributed by atoms with Gasteiger partial charge in [-0.25, -0.2) is 4.98 Å². The fraction of sp³-hybridized carbons (Fsp3) is 0.136. The number of aromatic nitrogens is 2. The summed E-state index contributed by atoms with van der Waals surface area (Å²) in [5, 5.41) is 0.739. The number of ketones is 1. The number of nitrogens with zero attached hydrogens (tertiary/aromatic N) is 2. The Labute approximate surface area is 181 Å². The highest BCUT2D eigenvalue weighted by Gasteiger charge is 2.16. The molecule has 0 atom stereocenters. The van der Waals surface area contributed by atoms with Crippen LogP contribution in [0.25, 0.3) is 16.7 Å². The van der Waals surface area contributed by atoms with Crippen molar-refractivity contribution in [1.29, 1.82) is 0 Å². The van der Waals surface area contributed by atoms with Crippen molar-refractivity contribution in [3.05, 3.63) is 70.4 Å². The van der Waals surface area contributed by atoms with Crippen LogP contribution in [-0.4, -0.2) is 34.1 Å². The fourth-order valence-electron chi connectivity index (χ4n) is 3.08. The van der Waals surface area contributed by atoms with E-state index in [-0.39, 0.29) is 18.0 Å². The number of para-hydroxylation sites is 2. The normalized spacial score (nSPS) is 11.0. The second-order valence-corrected chi connectivity index (χ2v) is 8.65. The van der Waals surface area contributed by atoms with Gasteiger partial charge in [-0.2, -0.15) is 0 Å². The molecule has 0 spiro atoms. The number of methoxy groups -OCH3 is 1. The van der Waals surface area contributed by atoms with Crippen molar-refractivity contribution < 1.29 is 14.3 Å². The number of primary amides is 1. The van der Waals surface area contributed by atoms with Crippen LogP contribution >= 0.6 is 23.1 Å². The van der Waals surface area contributed by atoms with Crippen LogP contribution in [-0.2, 0) is 11.2 Å². The molecular weight excluding hydrogens is 418 g/mol. The van der Waals surface area contributed by atoms with Crippen LogP contribution < -0.4 is 10.5 Å². The number of carbonyl (C=O) groups excluding carboxylic acids is 2. The van der Waals surface area contributed by atoms with Gasteiger partial charge in [-0.05, 0) is 48.5 Å². The lowest BCUT2D eigenvalue weighted by Gasteiger charge is -2.09. The molecule has 8 heteroatoms. The Balaban J connectivity index is 1.60. The third-order valence-corrected chi connectivity index (χ3v) is 6.54. The molecule has 0 saturated carbocycles. The Morgan fingerprint density at radius 3 is 2.60 bits per heavy atom. The van der Waals surface area contributed by atoms with Gasteiger partial charge in [-0.1, -0.05) is 23.9 Å². The van der Waals surface area contributed by atoms with Crippen molar-refractivity contribution in [3.8, 4) is 11.4 Å². The highest BCUT2D eigenvalue weighted by molar-refractivity contribution is 7.99. The van der Waals surface area contributed by atoms with Crippen molar-refractivity contribution in [3.63, 3.8) is 0 Å². The summed E-state index contributed by atoms with van der Waals surface area (Å²) >= 11 is 2.70. The Morgan fingerprint density at radius 1 is 1.10 bits per heavy atom. The summed E-state index contributed by atoms with van der Waals surface area (Å²) < 4.78 is 7.30. The number of hydrogen-bond donors (Lipinski definition) is 1. The van der Waals surface area contributed by atoms with E-state index < -0.39 is 5.91 Å². The molecule has 152 valence electrons. The van der Waals surface area contributed by atoms with Crippen molar-refractivity contribution in [2.45, 2.75) is 11.6 Å². The number of Topliss-reactive ketones (excluding diaryl/α,β-unsaturated/α-hetero) is 1. The summed E-state index contributed by atoms with van der Waals surface area (Å²) in [7, 11) is 1.63. The molecule has 0 fully saturated rings. The first-order chi connectivity index (χ1) is 14.5. The summed E-state index contributed by atoms with van der Waals surface area (Å²) in [6.07, 6.45) is 0.151. The average Bonchev–Trinajstić information content (AvgIpc) is 3.36. The van der Waals surface area contributed by atoms with E-state index in [1.165, 1.54) is 23.1 Å². The molecule has 30 heavy (non-hydrogen) atoms. The molecule has 2 heterocycles. The van der Waals surface area contributed by atoms with Gasteiger partial charge in [-0.15, -0.1) is 11.3 Å². The van der Waals surface area contributed by atoms with Crippen molar-refractivity contribution in [1.82, 2.24) is 9.55 Å². The fourth-order valence-corrected chi connectivity index (χ4v) is 5.04. The minimum atomic E-state index is -0.404. The van der Waals surface area contributed by atoms with Crippen LogP contribution in [0.1, 0.15) is 14.5 Å². The topological polar surface area (TPSA) is 87.2 Å². The Hall–Kier alpha value is -3.10. The Bertz CT molecular complexity index is 1210. The summed E-state index contributed by atoms with van der Waals surface area (Å²) in [5.74, 6) is 0.611. The van der Waals surface area contributed by atoms with E-state index in [1.54, 1.807) is 19.2 Å². The number of nitrogens with two attached hydrogens (primary N) is 1. The monoisotopic (exact) mass is 437 g/mol. The predicted molar refractivity (Wildman–Crippen MR) is 120 cm³/mol. The maximum absolute atomic E-state index is 12.7. The molecule has 2 N–H and O–H groups in total. The van der Waals surface area contributed by atoms with E-state index in [2.05, 4.69) is 0 Å². The first kappa shape index (κ1) is 20.2. The summed E-state index contributed by atoms with van der Waals surface area (Å²) in [6, 6.07) is 19.1. The van der Waals surface area contributed by atoms with Crippen LogP contribution in [0.15, 0.2) is 65.8 Å². The van der Waals surface area contributed by atoms with Gasteiger partial charge in [0, 0.05) is 10.6 Å². The summed E-state index contributed by atoms with van der Waals surface area (Å²) in [5.41, 5.74) is 8.01. The number of thioether (sulfide) groups is 1. The second kappa shape index (κ2) is 8.73. The van der Waals surface area contributed by atoms with E-state index >= 15 is 0 Å². The first-order valence-corrected chi connectivity index (χ1v) is 11.0. The number of carbonyl (C=O) groups is 2. The minimum absolute atomic E-state index is 0.00550. The zero-order valence-corrected chi connectivity index (χ0v) is 17.8. The minimum Gasteiger partial charge on any atom is -0.497 e. The van der Waals surface area contributed by atoms with Gasteiger partial charge in [0.2, 0.25) is 5.91 Å². The Kier molecular flexibility index (Phi) is 5.87. The lowest BCUT2D eigenvalue weighted by Crippen LogP contribution is -2.12. The van der Waals surface area contributed by atoms with Crippen LogP contribution in [0.3, 0.4) is 0 Å². The smallest absolute Gasteiger partial charge is 0.222 e. The molecule has 0 unspecified atom stereocenters. The van der Waals surface area contributed by atoms with Crippen LogP contribution in [0.4, 0.5) is 0 Å². The van der Waals surface area contributed by atoms with Crippen molar-refractivity contribution in [2.24, 2.45) is 5.73 Å². The quantitative estimate of drug-likeness (QED) is 0.331. The first-order valence-electron chi connectivity index (χ1n) is 9.20. The maximum atomic E-state index is 12.7. The molecule has 0 saturated heterocycles. The maximum Gasteiger partial charge on any atom is 0.222 e. The SMILES string of the molecule is COc1ccc(-n2c(SCC(=O)c3ccc(CC(N)=O)s3)nc3ccccc32)cc1. The molecule has 1 amide bonds. The highest BCUT2D eigenvalue weighted by atomic mass is 32.2. The van der Waals surface area contributed by atoms with E-state index in [0.29, 0.717) is 4.88 Å². The van der Waals surface area contributed by atoms with Crippen LogP contribution in [0.2, 0.25) is 0 Å². The van der Waals surface area contributed by atoms with Gasteiger partial charge in [0.05, 0.1) is 35.2 Å². The van der Waals surface area contributed by atoms with Gasteiger partial charge in [0.15, 0.2) is 10.9 Å². The summed E-state index contributed by atoms with van der Waals surface area (Å²) in [4.78, 5) is 29.9. The van der Waals surface area contributed by atoms with Crippen LogP contribution in [0, 0.1) is 0 Å². The predicted octanol–water partition coefficient (Wildman–Crippen LogP) is 4.10. The molecule has 0 aliphatic heterocycles. The number of ether oxygens (including phenoxy) is 1. The van der Waals surface area contributed by atoms with E-state index in [9.17, 15) is 9.59 Å². The number of fused-ring (bicyclic) bond motifs is 1. The molecular formula is C22H19N3O3S2. The standard InChI is InChI=1S/C22H19N3O3S2/c1-28-15-8-6-14(7-9-15)25-18-5-3-2-4-17(18)24-22(25)29-13-19(26)20-11-10-16(30-20)12-21(23)27/h2-11H,12-13H2,1H3,(H2,23,27). The van der Waals surface area contributed by atoms with Crippen LogP contribution in [0.5, 0.6) is 5.75 Å². The Morgan fingerprint density at radius 2 is 1.87 bits per heavy atom. The van der Waals surface area contributed by atoms with Crippen molar-refractivity contribution in [2.75, 3.05) is 12.9 Å². The summed E-state index contributed by atoms with van der Waals surface area (Å²) in [6.45, 7) is 0. The number of amides is 1. The van der Waals surface area contributed by atoms with Gasteiger partial charge < -0.3 is 10.5 Å².